The zero-order valence-corrected chi connectivity index (χ0v) is 20.6. The van der Waals surface area contributed by atoms with E-state index in [9.17, 15) is 14.7 Å². The van der Waals surface area contributed by atoms with Gasteiger partial charge >= 0.3 is 0 Å². The van der Waals surface area contributed by atoms with Gasteiger partial charge in [-0.25, -0.2) is 0 Å². The van der Waals surface area contributed by atoms with Crippen LogP contribution in [0.3, 0.4) is 0 Å². The van der Waals surface area contributed by atoms with Crippen molar-refractivity contribution in [2.24, 2.45) is 0 Å². The first-order chi connectivity index (χ1) is 16.8. The van der Waals surface area contributed by atoms with E-state index in [1.54, 1.807) is 30.0 Å². The van der Waals surface area contributed by atoms with Crippen LogP contribution in [-0.4, -0.2) is 54.9 Å². The fourth-order valence-electron chi connectivity index (χ4n) is 5.02. The maximum absolute atomic E-state index is 14.3. The van der Waals surface area contributed by atoms with Crippen molar-refractivity contribution in [3.05, 3.63) is 88.4 Å². The Morgan fingerprint density at radius 2 is 1.54 bits per heavy atom. The number of amides is 1. The fourth-order valence-corrected chi connectivity index (χ4v) is 5.23. The number of hydrogen-bond donors (Lipinski definition) is 1. The minimum atomic E-state index is -1.44. The predicted octanol–water partition coefficient (Wildman–Crippen LogP) is 4.48. The SMILES string of the molecule is CN1CCN(c2cc(Cl)cc3c2C(=O)C(C)(c2ccc(O)cc2)C(=O)N3Cc2ccccc2)CC1. The van der Waals surface area contributed by atoms with E-state index in [0.717, 1.165) is 37.4 Å². The van der Waals surface area contributed by atoms with Crippen molar-refractivity contribution >= 4 is 34.7 Å². The molecule has 6 nitrogen and oxygen atoms in total. The number of phenolic OH excluding ortho intramolecular Hbond substituents is 1. The summed E-state index contributed by atoms with van der Waals surface area (Å²) in [6.45, 7) is 5.27. The molecule has 3 aromatic rings. The molecule has 2 aliphatic rings. The van der Waals surface area contributed by atoms with E-state index in [-0.39, 0.29) is 17.4 Å². The van der Waals surface area contributed by atoms with Crippen LogP contribution in [-0.2, 0) is 16.8 Å². The summed E-state index contributed by atoms with van der Waals surface area (Å²) in [4.78, 5) is 34.5. The molecule has 0 radical (unpaired) electrons. The lowest BCUT2D eigenvalue weighted by Gasteiger charge is -2.43. The average Bonchev–Trinajstić information content (AvgIpc) is 2.86. The highest BCUT2D eigenvalue weighted by Gasteiger charge is 2.52. The van der Waals surface area contributed by atoms with Crippen LogP contribution >= 0.6 is 11.6 Å². The summed E-state index contributed by atoms with van der Waals surface area (Å²) in [5.74, 6) is -0.478. The summed E-state index contributed by atoms with van der Waals surface area (Å²) in [5.41, 5.74) is 1.89. The maximum atomic E-state index is 14.3. The Hall–Kier alpha value is -3.35. The standard InChI is InChI=1S/C28H28ClN3O3/c1-28(20-8-10-22(33)11-9-20)26(34)25-23(31-14-12-30(2)13-15-31)16-21(29)17-24(25)32(27(28)35)18-19-6-4-3-5-7-19/h3-11,16-17,33H,12-15,18H2,1-2H3. The first kappa shape index (κ1) is 23.4. The molecule has 5 rings (SSSR count). The van der Waals surface area contributed by atoms with Crippen LogP contribution in [0.4, 0.5) is 11.4 Å². The van der Waals surface area contributed by atoms with Crippen molar-refractivity contribution < 1.29 is 14.7 Å². The van der Waals surface area contributed by atoms with Crippen molar-refractivity contribution in [3.63, 3.8) is 0 Å². The molecule has 1 amide bonds. The Morgan fingerprint density at radius 3 is 2.20 bits per heavy atom. The molecule has 0 bridgehead atoms. The molecule has 2 aliphatic heterocycles. The fraction of sp³-hybridized carbons (Fsp3) is 0.286. The number of ketones is 1. The number of fused-ring (bicyclic) bond motifs is 1. The summed E-state index contributed by atoms with van der Waals surface area (Å²) in [6.07, 6.45) is 0. The highest BCUT2D eigenvalue weighted by Crippen LogP contribution is 2.46. The Kier molecular flexibility index (Phi) is 6.03. The predicted molar refractivity (Wildman–Crippen MR) is 139 cm³/mol. The van der Waals surface area contributed by atoms with Gasteiger partial charge in [-0.3, -0.25) is 9.59 Å². The largest absolute Gasteiger partial charge is 0.508 e. The molecule has 1 saturated heterocycles. The third kappa shape index (κ3) is 4.07. The summed E-state index contributed by atoms with van der Waals surface area (Å²) in [6, 6.07) is 19.6. The van der Waals surface area contributed by atoms with E-state index in [2.05, 4.69) is 16.8 Å². The number of nitrogens with zero attached hydrogens (tertiary/aromatic N) is 3. The molecule has 1 atom stereocenters. The van der Waals surface area contributed by atoms with E-state index < -0.39 is 5.41 Å². The van der Waals surface area contributed by atoms with E-state index >= 15 is 0 Å². The average molecular weight is 490 g/mol. The molecular weight excluding hydrogens is 462 g/mol. The van der Waals surface area contributed by atoms with Gasteiger partial charge in [0.05, 0.1) is 23.5 Å². The quantitative estimate of drug-likeness (QED) is 0.547. The topological polar surface area (TPSA) is 64.1 Å². The van der Waals surface area contributed by atoms with Crippen molar-refractivity contribution in [2.45, 2.75) is 18.9 Å². The smallest absolute Gasteiger partial charge is 0.245 e. The molecule has 1 unspecified atom stereocenters. The Balaban J connectivity index is 1.71. The molecule has 35 heavy (non-hydrogen) atoms. The summed E-state index contributed by atoms with van der Waals surface area (Å²) in [7, 11) is 2.08. The number of Topliss-reactive ketones (excluding diaryl/α,β-unsaturated/α-hetero) is 1. The maximum Gasteiger partial charge on any atom is 0.245 e. The number of carbonyl (C=O) groups excluding carboxylic acids is 2. The second-order valence-corrected chi connectivity index (χ2v) is 9.92. The number of benzene rings is 3. The van der Waals surface area contributed by atoms with Gasteiger partial charge in [0, 0.05) is 31.2 Å². The Morgan fingerprint density at radius 1 is 0.914 bits per heavy atom. The van der Waals surface area contributed by atoms with Gasteiger partial charge in [-0.15, -0.1) is 0 Å². The lowest BCUT2D eigenvalue weighted by atomic mass is 9.71. The van der Waals surface area contributed by atoms with Crippen molar-refractivity contribution in [1.82, 2.24) is 4.90 Å². The van der Waals surface area contributed by atoms with Crippen LogP contribution in [0.25, 0.3) is 0 Å². The molecule has 1 fully saturated rings. The van der Waals surface area contributed by atoms with Gasteiger partial charge in [0.1, 0.15) is 11.2 Å². The number of hydrogen-bond acceptors (Lipinski definition) is 5. The van der Waals surface area contributed by atoms with Crippen LogP contribution in [0.5, 0.6) is 5.75 Å². The number of phenols is 1. The molecule has 3 aromatic carbocycles. The second-order valence-electron chi connectivity index (χ2n) is 9.49. The molecular formula is C28H28ClN3O3. The zero-order valence-electron chi connectivity index (χ0n) is 19.9. The minimum Gasteiger partial charge on any atom is -0.508 e. The highest BCUT2D eigenvalue weighted by atomic mass is 35.5. The Bertz CT molecular complexity index is 1270. The highest BCUT2D eigenvalue weighted by molar-refractivity contribution is 6.34. The number of likely N-dealkylation sites (N-methyl/N-ethyl adjacent to an activating group) is 1. The molecule has 7 heteroatoms. The number of halogens is 1. The first-order valence-electron chi connectivity index (χ1n) is 11.8. The molecule has 180 valence electrons. The minimum absolute atomic E-state index is 0.0829. The number of carbonyl (C=O) groups is 2. The molecule has 0 spiro atoms. The van der Waals surface area contributed by atoms with Gasteiger partial charge in [-0.05, 0) is 49.4 Å². The van der Waals surface area contributed by atoms with Crippen LogP contribution < -0.4 is 9.80 Å². The summed E-state index contributed by atoms with van der Waals surface area (Å²) < 4.78 is 0. The summed E-state index contributed by atoms with van der Waals surface area (Å²) in [5, 5.41) is 10.3. The van der Waals surface area contributed by atoms with Crippen LogP contribution in [0.1, 0.15) is 28.4 Å². The lowest BCUT2D eigenvalue weighted by molar-refractivity contribution is -0.122. The third-order valence-electron chi connectivity index (χ3n) is 7.18. The van der Waals surface area contributed by atoms with Crippen LogP contribution in [0.2, 0.25) is 5.02 Å². The van der Waals surface area contributed by atoms with E-state index in [1.807, 2.05) is 36.4 Å². The monoisotopic (exact) mass is 489 g/mol. The number of anilines is 2. The number of aromatic hydroxyl groups is 1. The third-order valence-corrected chi connectivity index (χ3v) is 7.40. The summed E-state index contributed by atoms with van der Waals surface area (Å²) >= 11 is 6.58. The van der Waals surface area contributed by atoms with Gasteiger partial charge < -0.3 is 19.8 Å². The van der Waals surface area contributed by atoms with Gasteiger partial charge in [-0.2, -0.15) is 0 Å². The normalized spacial score (nSPS) is 20.8. The van der Waals surface area contributed by atoms with Crippen LogP contribution in [0, 0.1) is 0 Å². The lowest BCUT2D eigenvalue weighted by Crippen LogP contribution is -2.55. The van der Waals surface area contributed by atoms with Gasteiger partial charge in [0.15, 0.2) is 5.78 Å². The molecule has 0 aliphatic carbocycles. The number of piperazine rings is 1. The first-order valence-corrected chi connectivity index (χ1v) is 12.1. The van der Waals surface area contributed by atoms with E-state index in [0.29, 0.717) is 28.4 Å². The molecule has 0 aromatic heterocycles. The zero-order chi connectivity index (χ0) is 24.7. The van der Waals surface area contributed by atoms with Crippen LogP contribution in [0.15, 0.2) is 66.7 Å². The van der Waals surface area contributed by atoms with Crippen molar-refractivity contribution in [1.29, 1.82) is 0 Å². The molecule has 1 N–H and O–H groups in total. The molecule has 0 saturated carbocycles. The van der Waals surface area contributed by atoms with Gasteiger partial charge in [0.2, 0.25) is 5.91 Å². The molecule has 2 heterocycles. The number of rotatable bonds is 4. The van der Waals surface area contributed by atoms with Crippen molar-refractivity contribution in [2.75, 3.05) is 43.0 Å². The van der Waals surface area contributed by atoms with Gasteiger partial charge in [-0.1, -0.05) is 54.1 Å². The Labute approximate surface area is 210 Å². The van der Waals surface area contributed by atoms with Crippen molar-refractivity contribution in [3.8, 4) is 5.75 Å². The second kappa shape index (κ2) is 9.02. The van der Waals surface area contributed by atoms with E-state index in [4.69, 9.17) is 11.6 Å². The van der Waals surface area contributed by atoms with Gasteiger partial charge in [0.25, 0.3) is 0 Å². The van der Waals surface area contributed by atoms with E-state index in [1.165, 1.54) is 12.1 Å².